The average Bonchev–Trinajstić information content (AvgIpc) is 3.28. The highest BCUT2D eigenvalue weighted by molar-refractivity contribution is 7.16. The summed E-state index contributed by atoms with van der Waals surface area (Å²) in [7, 11) is 2.93. The van der Waals surface area contributed by atoms with Crippen LogP contribution < -0.4 is 14.4 Å². The SMILES string of the molecule is COc1cccc([C@@H]2C(=C(O)c3ccc(F)cc3)C(=O)C(=O)N2c2nc(C)c(C)s2)c1OC. The lowest BCUT2D eigenvalue weighted by molar-refractivity contribution is -0.132. The number of methoxy groups -OCH3 is 2. The number of ether oxygens (including phenoxy) is 2. The number of anilines is 1. The van der Waals surface area contributed by atoms with Gasteiger partial charge in [-0.25, -0.2) is 9.37 Å². The number of hydrogen-bond acceptors (Lipinski definition) is 7. The summed E-state index contributed by atoms with van der Waals surface area (Å²) < 4.78 is 24.4. The van der Waals surface area contributed by atoms with Crippen molar-refractivity contribution >= 4 is 33.9 Å². The molecule has 1 N–H and O–H groups in total. The van der Waals surface area contributed by atoms with E-state index in [0.29, 0.717) is 22.2 Å². The summed E-state index contributed by atoms with van der Waals surface area (Å²) >= 11 is 1.27. The number of aromatic nitrogens is 1. The second-order valence-corrected chi connectivity index (χ2v) is 8.58. The zero-order valence-corrected chi connectivity index (χ0v) is 19.2. The standard InChI is InChI=1S/C24H21FN2O5S/c1-12-13(2)33-24(26-12)27-19(16-6-5-7-17(31-3)22(16)32-4)18(21(29)23(27)30)20(28)14-8-10-15(25)11-9-14/h5-11,19,28H,1-4H3/t19-/m1/s1. The number of nitrogens with zero attached hydrogens (tertiary/aromatic N) is 2. The quantitative estimate of drug-likeness (QED) is 0.336. The predicted octanol–water partition coefficient (Wildman–Crippen LogP) is 4.54. The second kappa shape index (κ2) is 8.67. The summed E-state index contributed by atoms with van der Waals surface area (Å²) in [6, 6.07) is 9.06. The summed E-state index contributed by atoms with van der Waals surface area (Å²) in [5.41, 5.74) is 1.22. The molecule has 170 valence electrons. The summed E-state index contributed by atoms with van der Waals surface area (Å²) in [6.07, 6.45) is 0. The number of carbonyl (C=O) groups excluding carboxylic acids is 2. The molecule has 2 heterocycles. The fourth-order valence-electron chi connectivity index (χ4n) is 3.77. The molecule has 0 saturated carbocycles. The van der Waals surface area contributed by atoms with Crippen molar-refractivity contribution in [2.24, 2.45) is 0 Å². The summed E-state index contributed by atoms with van der Waals surface area (Å²) in [5.74, 6) is -1.91. The highest BCUT2D eigenvalue weighted by atomic mass is 32.1. The van der Waals surface area contributed by atoms with Crippen LogP contribution in [-0.2, 0) is 9.59 Å². The molecule has 2 aromatic carbocycles. The number of benzene rings is 2. The third kappa shape index (κ3) is 3.74. The molecule has 0 radical (unpaired) electrons. The number of Topliss-reactive ketones (excluding diaryl/α,β-unsaturated/α-hetero) is 1. The molecule has 3 aromatic rings. The minimum absolute atomic E-state index is 0.149. The molecule has 4 rings (SSSR count). The van der Waals surface area contributed by atoms with Crippen LogP contribution >= 0.6 is 11.3 Å². The number of carbonyl (C=O) groups is 2. The molecule has 7 nitrogen and oxygen atoms in total. The topological polar surface area (TPSA) is 89.0 Å². The Balaban J connectivity index is 2.02. The Kier molecular flexibility index (Phi) is 5.90. The van der Waals surface area contributed by atoms with Gasteiger partial charge in [0.25, 0.3) is 5.78 Å². The van der Waals surface area contributed by atoms with Crippen molar-refractivity contribution in [3.05, 3.63) is 75.6 Å². The number of aryl methyl sites for hydroxylation is 2. The van der Waals surface area contributed by atoms with Gasteiger partial charge in [-0.05, 0) is 44.2 Å². The number of hydrogen-bond donors (Lipinski definition) is 1. The largest absolute Gasteiger partial charge is 0.507 e. The first-order chi connectivity index (χ1) is 15.8. The molecule has 33 heavy (non-hydrogen) atoms. The smallest absolute Gasteiger partial charge is 0.301 e. The van der Waals surface area contributed by atoms with Crippen LogP contribution in [0.25, 0.3) is 5.76 Å². The molecule has 0 bridgehead atoms. The number of ketones is 1. The zero-order chi connectivity index (χ0) is 23.9. The van der Waals surface area contributed by atoms with E-state index in [1.807, 2.05) is 13.8 Å². The number of halogens is 1. The second-order valence-electron chi connectivity index (χ2n) is 7.40. The molecule has 0 spiro atoms. The van der Waals surface area contributed by atoms with E-state index in [1.165, 1.54) is 54.7 Å². The number of aliphatic hydroxyl groups is 1. The van der Waals surface area contributed by atoms with Crippen molar-refractivity contribution in [2.45, 2.75) is 19.9 Å². The van der Waals surface area contributed by atoms with E-state index in [-0.39, 0.29) is 11.1 Å². The first-order valence-corrected chi connectivity index (χ1v) is 10.8. The van der Waals surface area contributed by atoms with Crippen LogP contribution in [0.1, 0.15) is 27.7 Å². The molecule has 1 fully saturated rings. The molecule has 1 amide bonds. The molecule has 0 unspecified atom stereocenters. The Morgan fingerprint density at radius 2 is 1.79 bits per heavy atom. The lowest BCUT2D eigenvalue weighted by atomic mass is 9.94. The average molecular weight is 469 g/mol. The molecule has 1 saturated heterocycles. The van der Waals surface area contributed by atoms with Crippen molar-refractivity contribution in [3.8, 4) is 11.5 Å². The minimum atomic E-state index is -1.04. The van der Waals surface area contributed by atoms with Gasteiger partial charge in [-0.3, -0.25) is 14.5 Å². The van der Waals surface area contributed by atoms with E-state index in [2.05, 4.69) is 4.98 Å². The van der Waals surface area contributed by atoms with Crippen molar-refractivity contribution in [2.75, 3.05) is 19.1 Å². The van der Waals surface area contributed by atoms with E-state index in [1.54, 1.807) is 18.2 Å². The fourth-order valence-corrected chi connectivity index (χ4v) is 4.71. The lowest BCUT2D eigenvalue weighted by Gasteiger charge is -2.25. The maximum atomic E-state index is 13.4. The van der Waals surface area contributed by atoms with Gasteiger partial charge in [0.1, 0.15) is 17.6 Å². The molecular weight excluding hydrogens is 447 g/mol. The van der Waals surface area contributed by atoms with Crippen LogP contribution in [0, 0.1) is 19.7 Å². The maximum Gasteiger partial charge on any atom is 0.301 e. The van der Waals surface area contributed by atoms with E-state index in [9.17, 15) is 19.1 Å². The summed E-state index contributed by atoms with van der Waals surface area (Å²) in [5, 5.41) is 11.4. The summed E-state index contributed by atoms with van der Waals surface area (Å²) in [6.45, 7) is 3.68. The Bertz CT molecular complexity index is 1260. The number of amides is 1. The highest BCUT2D eigenvalue weighted by Gasteiger charge is 2.49. The van der Waals surface area contributed by atoms with Gasteiger partial charge in [-0.2, -0.15) is 0 Å². The third-order valence-corrected chi connectivity index (χ3v) is 6.59. The number of para-hydroxylation sites is 1. The molecule has 9 heteroatoms. The van der Waals surface area contributed by atoms with Crippen molar-refractivity contribution in [3.63, 3.8) is 0 Å². The fraction of sp³-hybridized carbons (Fsp3) is 0.208. The molecule has 1 aromatic heterocycles. The zero-order valence-electron chi connectivity index (χ0n) is 18.4. The molecule has 1 atom stereocenters. The minimum Gasteiger partial charge on any atom is -0.507 e. The van der Waals surface area contributed by atoms with E-state index >= 15 is 0 Å². The Morgan fingerprint density at radius 3 is 2.36 bits per heavy atom. The summed E-state index contributed by atoms with van der Waals surface area (Å²) in [4.78, 5) is 33.1. The van der Waals surface area contributed by atoms with Crippen LogP contribution in [0.2, 0.25) is 0 Å². The first-order valence-electron chi connectivity index (χ1n) is 10.00. The van der Waals surface area contributed by atoms with Crippen LogP contribution in [0.3, 0.4) is 0 Å². The van der Waals surface area contributed by atoms with E-state index < -0.39 is 29.3 Å². The van der Waals surface area contributed by atoms with Crippen LogP contribution in [-0.4, -0.2) is 36.0 Å². The first kappa shape index (κ1) is 22.5. The van der Waals surface area contributed by atoms with Crippen molar-refractivity contribution in [1.82, 2.24) is 4.98 Å². The van der Waals surface area contributed by atoms with Gasteiger partial charge in [-0.15, -0.1) is 11.3 Å². The highest BCUT2D eigenvalue weighted by Crippen LogP contribution is 2.48. The monoisotopic (exact) mass is 468 g/mol. The molecule has 0 aliphatic carbocycles. The lowest BCUT2D eigenvalue weighted by Crippen LogP contribution is -2.29. The van der Waals surface area contributed by atoms with Gasteiger partial charge in [0.05, 0.1) is 25.5 Å². The van der Waals surface area contributed by atoms with E-state index in [0.717, 1.165) is 10.6 Å². The molecule has 1 aliphatic heterocycles. The van der Waals surface area contributed by atoms with Crippen LogP contribution in [0.5, 0.6) is 11.5 Å². The maximum absolute atomic E-state index is 13.4. The van der Waals surface area contributed by atoms with Crippen LogP contribution in [0.4, 0.5) is 9.52 Å². The third-order valence-electron chi connectivity index (χ3n) is 5.51. The molecule has 1 aliphatic rings. The Morgan fingerprint density at radius 1 is 1.09 bits per heavy atom. The predicted molar refractivity (Wildman–Crippen MR) is 122 cm³/mol. The van der Waals surface area contributed by atoms with Crippen molar-refractivity contribution < 1.29 is 28.6 Å². The van der Waals surface area contributed by atoms with Gasteiger partial charge < -0.3 is 14.6 Å². The Labute approximate surface area is 193 Å². The van der Waals surface area contributed by atoms with E-state index in [4.69, 9.17) is 9.47 Å². The van der Waals surface area contributed by atoms with Gasteiger partial charge >= 0.3 is 5.91 Å². The normalized spacial score (nSPS) is 17.5. The number of thiazole rings is 1. The number of aliphatic hydroxyl groups excluding tert-OH is 1. The van der Waals surface area contributed by atoms with Crippen LogP contribution in [0.15, 0.2) is 48.0 Å². The van der Waals surface area contributed by atoms with Gasteiger partial charge in [0, 0.05) is 16.0 Å². The number of rotatable bonds is 5. The Hall–Kier alpha value is -3.72. The van der Waals surface area contributed by atoms with Gasteiger partial charge in [0.15, 0.2) is 16.6 Å². The van der Waals surface area contributed by atoms with Crippen molar-refractivity contribution in [1.29, 1.82) is 0 Å². The molecular formula is C24H21FN2O5S. The van der Waals surface area contributed by atoms with Gasteiger partial charge in [-0.1, -0.05) is 12.1 Å². The van der Waals surface area contributed by atoms with Gasteiger partial charge in [0.2, 0.25) is 0 Å².